The highest BCUT2D eigenvalue weighted by Gasteiger charge is 2.16. The van der Waals surface area contributed by atoms with Gasteiger partial charge in [-0.15, -0.1) is 0 Å². The number of anilines is 1. The summed E-state index contributed by atoms with van der Waals surface area (Å²) < 4.78 is 10.3. The first-order valence-corrected chi connectivity index (χ1v) is 7.12. The van der Waals surface area contributed by atoms with E-state index in [1.54, 1.807) is 31.2 Å². The standard InChI is InChI=1S/C15H20N2O4/c1-2-20-14(18)11-5-7-12(8-6-11)17-15(19)16-10-13-4-3-9-21-13/h5-8,13H,2-4,9-10H2,1H3,(H2,16,17,19)/t13-/m1/s1. The molecule has 1 aliphatic heterocycles. The van der Waals surface area contributed by atoms with E-state index in [-0.39, 0.29) is 18.1 Å². The second-order valence-electron chi connectivity index (χ2n) is 4.77. The van der Waals surface area contributed by atoms with Crippen LogP contribution in [0.4, 0.5) is 10.5 Å². The Morgan fingerprint density at radius 2 is 2.10 bits per heavy atom. The summed E-state index contributed by atoms with van der Waals surface area (Å²) in [6.07, 6.45) is 2.14. The number of urea groups is 1. The van der Waals surface area contributed by atoms with Crippen molar-refractivity contribution in [2.24, 2.45) is 0 Å². The summed E-state index contributed by atoms with van der Waals surface area (Å²) in [4.78, 5) is 23.2. The topological polar surface area (TPSA) is 76.7 Å². The third-order valence-electron chi connectivity index (χ3n) is 3.17. The summed E-state index contributed by atoms with van der Waals surface area (Å²) in [5.74, 6) is -0.369. The zero-order chi connectivity index (χ0) is 15.1. The molecule has 114 valence electrons. The van der Waals surface area contributed by atoms with E-state index >= 15 is 0 Å². The van der Waals surface area contributed by atoms with Crippen molar-refractivity contribution in [3.05, 3.63) is 29.8 Å². The van der Waals surface area contributed by atoms with Gasteiger partial charge in [-0.05, 0) is 44.0 Å². The summed E-state index contributed by atoms with van der Waals surface area (Å²) in [7, 11) is 0. The molecule has 1 fully saturated rings. The number of benzene rings is 1. The van der Waals surface area contributed by atoms with Crippen LogP contribution in [0.1, 0.15) is 30.1 Å². The van der Waals surface area contributed by atoms with Crippen molar-refractivity contribution in [1.29, 1.82) is 0 Å². The van der Waals surface area contributed by atoms with E-state index in [2.05, 4.69) is 10.6 Å². The van der Waals surface area contributed by atoms with E-state index in [1.807, 2.05) is 0 Å². The molecule has 1 saturated heterocycles. The van der Waals surface area contributed by atoms with Crippen LogP contribution in [0.25, 0.3) is 0 Å². The minimum Gasteiger partial charge on any atom is -0.462 e. The van der Waals surface area contributed by atoms with E-state index in [9.17, 15) is 9.59 Å². The number of rotatable bonds is 5. The second kappa shape index (κ2) is 7.64. The SMILES string of the molecule is CCOC(=O)c1ccc(NC(=O)NC[C@H]2CCCO2)cc1. The zero-order valence-electron chi connectivity index (χ0n) is 12.1. The Balaban J connectivity index is 1.79. The van der Waals surface area contributed by atoms with Gasteiger partial charge in [-0.25, -0.2) is 9.59 Å². The Labute approximate surface area is 123 Å². The molecule has 0 aliphatic carbocycles. The molecule has 0 saturated carbocycles. The van der Waals surface area contributed by atoms with Gasteiger partial charge in [0.25, 0.3) is 0 Å². The molecule has 0 aromatic heterocycles. The first kappa shape index (κ1) is 15.3. The minimum absolute atomic E-state index is 0.113. The fraction of sp³-hybridized carbons (Fsp3) is 0.467. The molecule has 0 unspecified atom stereocenters. The molecule has 0 bridgehead atoms. The molecule has 0 radical (unpaired) electrons. The van der Waals surface area contributed by atoms with Gasteiger partial charge in [0, 0.05) is 18.8 Å². The average Bonchev–Trinajstić information content (AvgIpc) is 2.99. The van der Waals surface area contributed by atoms with E-state index < -0.39 is 0 Å². The summed E-state index contributed by atoms with van der Waals surface area (Å²) >= 11 is 0. The maximum absolute atomic E-state index is 11.7. The molecule has 1 aliphatic rings. The van der Waals surface area contributed by atoms with Crippen molar-refractivity contribution in [3.8, 4) is 0 Å². The highest BCUT2D eigenvalue weighted by molar-refractivity contribution is 5.92. The van der Waals surface area contributed by atoms with Gasteiger partial charge < -0.3 is 20.1 Å². The smallest absolute Gasteiger partial charge is 0.338 e. The first-order valence-electron chi connectivity index (χ1n) is 7.12. The fourth-order valence-electron chi connectivity index (χ4n) is 2.09. The lowest BCUT2D eigenvalue weighted by Crippen LogP contribution is -2.35. The van der Waals surface area contributed by atoms with E-state index in [0.717, 1.165) is 19.4 Å². The Kier molecular flexibility index (Phi) is 5.57. The Morgan fingerprint density at radius 1 is 1.33 bits per heavy atom. The number of carbonyl (C=O) groups is 2. The van der Waals surface area contributed by atoms with Crippen molar-refractivity contribution in [3.63, 3.8) is 0 Å². The quantitative estimate of drug-likeness (QED) is 0.815. The Hall–Kier alpha value is -2.08. The zero-order valence-corrected chi connectivity index (χ0v) is 12.1. The van der Waals surface area contributed by atoms with E-state index in [1.165, 1.54) is 0 Å². The highest BCUT2D eigenvalue weighted by atomic mass is 16.5. The van der Waals surface area contributed by atoms with Crippen molar-refractivity contribution < 1.29 is 19.1 Å². The number of ether oxygens (including phenoxy) is 2. The van der Waals surface area contributed by atoms with Crippen LogP contribution in [0.5, 0.6) is 0 Å². The predicted octanol–water partition coefficient (Wildman–Crippen LogP) is 2.16. The monoisotopic (exact) mass is 292 g/mol. The normalized spacial score (nSPS) is 17.3. The van der Waals surface area contributed by atoms with Gasteiger partial charge in [-0.1, -0.05) is 0 Å². The van der Waals surface area contributed by atoms with Crippen LogP contribution < -0.4 is 10.6 Å². The van der Waals surface area contributed by atoms with Crippen molar-refractivity contribution in [2.75, 3.05) is 25.1 Å². The van der Waals surface area contributed by atoms with Crippen molar-refractivity contribution >= 4 is 17.7 Å². The molecule has 0 spiro atoms. The first-order chi connectivity index (χ1) is 10.2. The van der Waals surface area contributed by atoms with Gasteiger partial charge in [-0.2, -0.15) is 0 Å². The maximum Gasteiger partial charge on any atom is 0.338 e. The van der Waals surface area contributed by atoms with Crippen LogP contribution in [0.2, 0.25) is 0 Å². The highest BCUT2D eigenvalue weighted by Crippen LogP contribution is 2.12. The Morgan fingerprint density at radius 3 is 2.71 bits per heavy atom. The largest absolute Gasteiger partial charge is 0.462 e. The summed E-state index contributed by atoms with van der Waals surface area (Å²) in [6.45, 7) is 3.37. The van der Waals surface area contributed by atoms with Crippen LogP contribution in [-0.4, -0.2) is 37.9 Å². The van der Waals surface area contributed by atoms with Gasteiger partial charge in [0.1, 0.15) is 0 Å². The third kappa shape index (κ3) is 4.75. The van der Waals surface area contributed by atoms with Crippen molar-refractivity contribution in [1.82, 2.24) is 5.32 Å². The lowest BCUT2D eigenvalue weighted by molar-refractivity contribution is 0.0526. The third-order valence-corrected chi connectivity index (χ3v) is 3.17. The minimum atomic E-state index is -0.369. The van der Waals surface area contributed by atoms with Crippen LogP contribution in [0, 0.1) is 0 Å². The van der Waals surface area contributed by atoms with Gasteiger partial charge in [0.15, 0.2) is 0 Å². The number of hydrogen-bond donors (Lipinski definition) is 2. The lowest BCUT2D eigenvalue weighted by Gasteiger charge is -2.12. The van der Waals surface area contributed by atoms with Gasteiger partial charge in [-0.3, -0.25) is 0 Å². The molecule has 1 atom stereocenters. The maximum atomic E-state index is 11.7. The molecular formula is C15H20N2O4. The second-order valence-corrected chi connectivity index (χ2v) is 4.77. The molecule has 2 N–H and O–H groups in total. The molecule has 6 heteroatoms. The van der Waals surface area contributed by atoms with E-state index in [0.29, 0.717) is 24.4 Å². The van der Waals surface area contributed by atoms with Crippen LogP contribution >= 0.6 is 0 Å². The Bertz CT molecular complexity index is 481. The summed E-state index contributed by atoms with van der Waals surface area (Å²) in [5.41, 5.74) is 1.08. The number of esters is 1. The van der Waals surface area contributed by atoms with Gasteiger partial charge in [0.05, 0.1) is 18.3 Å². The molecular weight excluding hydrogens is 272 g/mol. The lowest BCUT2D eigenvalue weighted by atomic mass is 10.2. The molecule has 6 nitrogen and oxygen atoms in total. The van der Waals surface area contributed by atoms with Crippen LogP contribution in [0.15, 0.2) is 24.3 Å². The molecule has 1 aromatic carbocycles. The van der Waals surface area contributed by atoms with Crippen molar-refractivity contribution in [2.45, 2.75) is 25.9 Å². The molecule has 1 aromatic rings. The molecule has 1 heterocycles. The van der Waals surface area contributed by atoms with Crippen LogP contribution in [0.3, 0.4) is 0 Å². The number of amides is 2. The summed E-state index contributed by atoms with van der Waals surface area (Å²) in [5, 5.41) is 5.47. The number of nitrogens with one attached hydrogen (secondary N) is 2. The molecule has 21 heavy (non-hydrogen) atoms. The predicted molar refractivity (Wildman–Crippen MR) is 78.4 cm³/mol. The average molecular weight is 292 g/mol. The van der Waals surface area contributed by atoms with E-state index in [4.69, 9.17) is 9.47 Å². The molecule has 2 rings (SSSR count). The van der Waals surface area contributed by atoms with Crippen LogP contribution in [-0.2, 0) is 9.47 Å². The molecule has 2 amide bonds. The summed E-state index contributed by atoms with van der Waals surface area (Å²) in [6, 6.07) is 6.28. The van der Waals surface area contributed by atoms with Gasteiger partial charge >= 0.3 is 12.0 Å². The number of hydrogen-bond acceptors (Lipinski definition) is 4. The van der Waals surface area contributed by atoms with Gasteiger partial charge in [0.2, 0.25) is 0 Å². The number of carbonyl (C=O) groups excluding carboxylic acids is 2. The fourth-order valence-corrected chi connectivity index (χ4v) is 2.09.